The topological polar surface area (TPSA) is 74.2 Å². The number of benzene rings is 2. The van der Waals surface area contributed by atoms with E-state index in [0.717, 1.165) is 11.3 Å². The molecule has 1 N–H and O–H groups in total. The number of carbonyl (C=O) groups excluding carboxylic acids is 1. The number of ether oxygens (including phenoxy) is 4. The van der Waals surface area contributed by atoms with E-state index in [0.29, 0.717) is 23.5 Å². The zero-order valence-electron chi connectivity index (χ0n) is 14.8. The molecular formula is C20H20O6. The SMILES string of the molecule is COc1ccc(CC2OC(=O)C(c3ccc(OC)c(OC)c3)=C2O)cc1. The third-order valence-electron chi connectivity index (χ3n) is 4.27. The number of cyclic esters (lactones) is 1. The second kappa shape index (κ2) is 7.39. The van der Waals surface area contributed by atoms with E-state index in [1.807, 2.05) is 24.3 Å². The van der Waals surface area contributed by atoms with Crippen LogP contribution < -0.4 is 14.2 Å². The number of esters is 1. The summed E-state index contributed by atoms with van der Waals surface area (Å²) in [6.07, 6.45) is -0.350. The highest BCUT2D eigenvalue weighted by Crippen LogP contribution is 2.35. The van der Waals surface area contributed by atoms with Crippen LogP contribution in [0.1, 0.15) is 11.1 Å². The van der Waals surface area contributed by atoms with Gasteiger partial charge in [-0.05, 0) is 35.4 Å². The largest absolute Gasteiger partial charge is 0.507 e. The van der Waals surface area contributed by atoms with E-state index in [1.54, 1.807) is 25.3 Å². The summed E-state index contributed by atoms with van der Waals surface area (Å²) in [4.78, 5) is 12.3. The lowest BCUT2D eigenvalue weighted by Gasteiger charge is -2.10. The molecule has 0 spiro atoms. The highest BCUT2D eigenvalue weighted by Gasteiger charge is 2.35. The van der Waals surface area contributed by atoms with Crippen molar-refractivity contribution >= 4 is 11.5 Å². The van der Waals surface area contributed by atoms with Gasteiger partial charge in [0.15, 0.2) is 17.6 Å². The number of carbonyl (C=O) groups is 1. The molecular weight excluding hydrogens is 336 g/mol. The first-order valence-corrected chi connectivity index (χ1v) is 8.06. The lowest BCUT2D eigenvalue weighted by atomic mass is 10.0. The summed E-state index contributed by atoms with van der Waals surface area (Å²) < 4.78 is 20.9. The molecule has 0 radical (unpaired) electrons. The molecule has 0 aromatic heterocycles. The molecule has 6 nitrogen and oxygen atoms in total. The molecule has 0 saturated carbocycles. The van der Waals surface area contributed by atoms with Crippen LogP contribution in [0, 0.1) is 0 Å². The molecule has 3 rings (SSSR count). The van der Waals surface area contributed by atoms with Crippen molar-refractivity contribution < 1.29 is 28.8 Å². The van der Waals surface area contributed by atoms with Crippen molar-refractivity contribution in [1.82, 2.24) is 0 Å². The molecule has 0 fully saturated rings. The fourth-order valence-corrected chi connectivity index (χ4v) is 2.88. The van der Waals surface area contributed by atoms with Gasteiger partial charge in [0.1, 0.15) is 17.1 Å². The van der Waals surface area contributed by atoms with Gasteiger partial charge >= 0.3 is 5.97 Å². The van der Waals surface area contributed by atoms with Crippen molar-refractivity contribution in [1.29, 1.82) is 0 Å². The van der Waals surface area contributed by atoms with Crippen molar-refractivity contribution in [3.05, 3.63) is 59.4 Å². The summed E-state index contributed by atoms with van der Waals surface area (Å²) in [7, 11) is 4.63. The molecule has 26 heavy (non-hydrogen) atoms. The molecule has 136 valence electrons. The van der Waals surface area contributed by atoms with Crippen LogP contribution in [0.4, 0.5) is 0 Å². The molecule has 1 heterocycles. The van der Waals surface area contributed by atoms with Crippen LogP contribution in [0.5, 0.6) is 17.2 Å². The first-order valence-electron chi connectivity index (χ1n) is 8.06. The van der Waals surface area contributed by atoms with Crippen molar-refractivity contribution in [3.8, 4) is 17.2 Å². The normalized spacial score (nSPS) is 16.4. The standard InChI is InChI=1S/C20H20O6/c1-23-14-7-4-12(5-8-14)10-17-19(21)18(20(22)26-17)13-6-9-15(24-2)16(11-13)25-3/h4-9,11,17,21H,10H2,1-3H3. The lowest BCUT2D eigenvalue weighted by Crippen LogP contribution is -2.14. The van der Waals surface area contributed by atoms with E-state index < -0.39 is 12.1 Å². The monoisotopic (exact) mass is 356 g/mol. The number of aliphatic hydroxyl groups is 1. The molecule has 0 saturated heterocycles. The van der Waals surface area contributed by atoms with Crippen LogP contribution in [0.25, 0.3) is 5.57 Å². The maximum absolute atomic E-state index is 12.3. The molecule has 1 atom stereocenters. The third kappa shape index (κ3) is 3.31. The molecule has 2 aromatic carbocycles. The first-order chi connectivity index (χ1) is 12.6. The van der Waals surface area contributed by atoms with Crippen LogP contribution >= 0.6 is 0 Å². The Kier molecular flexibility index (Phi) is 5.02. The Labute approximate surface area is 151 Å². The van der Waals surface area contributed by atoms with Crippen LogP contribution in [-0.2, 0) is 16.0 Å². The Bertz CT molecular complexity index is 838. The van der Waals surface area contributed by atoms with E-state index in [-0.39, 0.29) is 11.3 Å². The average Bonchev–Trinajstić information content (AvgIpc) is 2.95. The van der Waals surface area contributed by atoms with E-state index in [9.17, 15) is 9.90 Å². The van der Waals surface area contributed by atoms with E-state index >= 15 is 0 Å². The van der Waals surface area contributed by atoms with Gasteiger partial charge < -0.3 is 24.1 Å². The fraction of sp³-hybridized carbons (Fsp3) is 0.250. The molecule has 1 aliphatic heterocycles. The van der Waals surface area contributed by atoms with E-state index in [2.05, 4.69) is 0 Å². The molecule has 0 amide bonds. The van der Waals surface area contributed by atoms with Crippen LogP contribution in [0.3, 0.4) is 0 Å². The predicted octanol–water partition coefficient (Wildman–Crippen LogP) is 3.15. The fourth-order valence-electron chi connectivity index (χ4n) is 2.88. The zero-order valence-corrected chi connectivity index (χ0v) is 14.8. The summed E-state index contributed by atoms with van der Waals surface area (Å²) in [5, 5.41) is 10.6. The van der Waals surface area contributed by atoms with Gasteiger partial charge in [-0.25, -0.2) is 4.79 Å². The average molecular weight is 356 g/mol. The lowest BCUT2D eigenvalue weighted by molar-refractivity contribution is -0.138. The number of methoxy groups -OCH3 is 3. The minimum Gasteiger partial charge on any atom is -0.507 e. The number of hydrogen-bond acceptors (Lipinski definition) is 6. The second-order valence-corrected chi connectivity index (χ2v) is 5.78. The summed E-state index contributed by atoms with van der Waals surface area (Å²) in [5.41, 5.74) is 1.58. The van der Waals surface area contributed by atoms with Gasteiger partial charge in [-0.15, -0.1) is 0 Å². The quantitative estimate of drug-likeness (QED) is 0.802. The molecule has 0 bridgehead atoms. The molecule has 6 heteroatoms. The number of hydrogen-bond donors (Lipinski definition) is 1. The van der Waals surface area contributed by atoms with Crippen LogP contribution in [-0.4, -0.2) is 38.5 Å². The Morgan fingerprint density at radius 3 is 2.27 bits per heavy atom. The van der Waals surface area contributed by atoms with Crippen molar-refractivity contribution in [3.63, 3.8) is 0 Å². The molecule has 0 aliphatic carbocycles. The second-order valence-electron chi connectivity index (χ2n) is 5.78. The Morgan fingerprint density at radius 1 is 0.962 bits per heavy atom. The first kappa shape index (κ1) is 17.7. The minimum absolute atomic E-state index is 0.0852. The summed E-state index contributed by atoms with van der Waals surface area (Å²) in [6, 6.07) is 12.4. The summed E-state index contributed by atoms with van der Waals surface area (Å²) in [5.74, 6) is 1.10. The van der Waals surface area contributed by atoms with Gasteiger partial charge in [-0.3, -0.25) is 0 Å². The van der Waals surface area contributed by atoms with Crippen molar-refractivity contribution in [2.75, 3.05) is 21.3 Å². The summed E-state index contributed by atoms with van der Waals surface area (Å²) in [6.45, 7) is 0. The zero-order chi connectivity index (χ0) is 18.7. The van der Waals surface area contributed by atoms with E-state index in [1.165, 1.54) is 14.2 Å². The Balaban J connectivity index is 1.88. The maximum Gasteiger partial charge on any atom is 0.343 e. The van der Waals surface area contributed by atoms with Crippen LogP contribution in [0.15, 0.2) is 48.2 Å². The van der Waals surface area contributed by atoms with Crippen molar-refractivity contribution in [2.24, 2.45) is 0 Å². The van der Waals surface area contributed by atoms with Gasteiger partial charge in [0.2, 0.25) is 0 Å². The van der Waals surface area contributed by atoms with Crippen molar-refractivity contribution in [2.45, 2.75) is 12.5 Å². The van der Waals surface area contributed by atoms with Crippen LogP contribution in [0.2, 0.25) is 0 Å². The highest BCUT2D eigenvalue weighted by molar-refractivity contribution is 6.19. The van der Waals surface area contributed by atoms with Gasteiger partial charge in [-0.1, -0.05) is 18.2 Å². The Morgan fingerprint density at radius 2 is 1.65 bits per heavy atom. The van der Waals surface area contributed by atoms with E-state index in [4.69, 9.17) is 18.9 Å². The van der Waals surface area contributed by atoms with Gasteiger partial charge in [0.05, 0.1) is 21.3 Å². The van der Waals surface area contributed by atoms with Gasteiger partial charge in [-0.2, -0.15) is 0 Å². The number of aliphatic hydroxyl groups excluding tert-OH is 1. The predicted molar refractivity (Wildman–Crippen MR) is 95.7 cm³/mol. The van der Waals surface area contributed by atoms with Gasteiger partial charge in [0, 0.05) is 6.42 Å². The van der Waals surface area contributed by atoms with Gasteiger partial charge in [0.25, 0.3) is 0 Å². The maximum atomic E-state index is 12.3. The molecule has 2 aromatic rings. The third-order valence-corrected chi connectivity index (χ3v) is 4.27. The smallest absolute Gasteiger partial charge is 0.343 e. The summed E-state index contributed by atoms with van der Waals surface area (Å²) >= 11 is 0. The molecule has 1 unspecified atom stereocenters. The Hall–Kier alpha value is -3.15. The number of rotatable bonds is 6. The molecule has 1 aliphatic rings. The minimum atomic E-state index is -0.723. The highest BCUT2D eigenvalue weighted by atomic mass is 16.6.